The molecule has 3 nitrogen and oxygen atoms in total. The second kappa shape index (κ2) is 6.92. The summed E-state index contributed by atoms with van der Waals surface area (Å²) in [5, 5.41) is 7.87. The standard InChI is InChI=1S/C10H19N3S/c1-3-11-5-4-6-12-8-10-13-7-9(2)14-10/h7,11-12H,3-6,8H2,1-2H3. The molecule has 1 aromatic rings. The van der Waals surface area contributed by atoms with E-state index in [0.717, 1.165) is 26.2 Å². The maximum absolute atomic E-state index is 4.29. The fourth-order valence-electron chi connectivity index (χ4n) is 1.19. The number of hydrogen-bond donors (Lipinski definition) is 2. The van der Waals surface area contributed by atoms with E-state index in [0.29, 0.717) is 0 Å². The van der Waals surface area contributed by atoms with E-state index in [1.54, 1.807) is 11.3 Å². The lowest BCUT2D eigenvalue weighted by atomic mass is 10.4. The van der Waals surface area contributed by atoms with Gasteiger partial charge in [-0.1, -0.05) is 6.92 Å². The molecule has 1 aromatic heterocycles. The highest BCUT2D eigenvalue weighted by atomic mass is 32.1. The lowest BCUT2D eigenvalue weighted by molar-refractivity contribution is 0.605. The van der Waals surface area contributed by atoms with Gasteiger partial charge >= 0.3 is 0 Å². The topological polar surface area (TPSA) is 37.0 Å². The van der Waals surface area contributed by atoms with Crippen LogP contribution >= 0.6 is 11.3 Å². The average Bonchev–Trinajstić information content (AvgIpc) is 2.58. The Hall–Kier alpha value is -0.450. The molecule has 0 radical (unpaired) electrons. The summed E-state index contributed by atoms with van der Waals surface area (Å²) in [6, 6.07) is 0. The first kappa shape index (κ1) is 11.6. The van der Waals surface area contributed by atoms with Gasteiger partial charge in [-0.05, 0) is 33.0 Å². The van der Waals surface area contributed by atoms with Crippen molar-refractivity contribution >= 4 is 11.3 Å². The van der Waals surface area contributed by atoms with Crippen molar-refractivity contribution in [2.24, 2.45) is 0 Å². The van der Waals surface area contributed by atoms with E-state index >= 15 is 0 Å². The first-order valence-electron chi connectivity index (χ1n) is 5.15. The second-order valence-corrected chi connectivity index (χ2v) is 4.57. The molecule has 14 heavy (non-hydrogen) atoms. The summed E-state index contributed by atoms with van der Waals surface area (Å²) >= 11 is 1.77. The fourth-order valence-corrected chi connectivity index (χ4v) is 1.95. The predicted molar refractivity (Wildman–Crippen MR) is 61.7 cm³/mol. The summed E-state index contributed by atoms with van der Waals surface area (Å²) in [6.45, 7) is 8.35. The van der Waals surface area contributed by atoms with Gasteiger partial charge in [0.15, 0.2) is 0 Å². The number of aromatic nitrogens is 1. The lowest BCUT2D eigenvalue weighted by Gasteiger charge is -2.02. The molecule has 0 aliphatic rings. The summed E-state index contributed by atoms with van der Waals surface area (Å²) in [5.74, 6) is 0. The van der Waals surface area contributed by atoms with Crippen molar-refractivity contribution < 1.29 is 0 Å². The summed E-state index contributed by atoms with van der Waals surface area (Å²) in [6.07, 6.45) is 3.11. The molecule has 4 heteroatoms. The molecule has 0 unspecified atom stereocenters. The Morgan fingerprint density at radius 3 is 2.79 bits per heavy atom. The van der Waals surface area contributed by atoms with Crippen LogP contribution in [0.4, 0.5) is 0 Å². The van der Waals surface area contributed by atoms with E-state index in [1.807, 2.05) is 6.20 Å². The van der Waals surface area contributed by atoms with Gasteiger partial charge in [0.2, 0.25) is 0 Å². The third-order valence-corrected chi connectivity index (χ3v) is 2.82. The number of nitrogens with zero attached hydrogens (tertiary/aromatic N) is 1. The zero-order valence-corrected chi connectivity index (χ0v) is 9.78. The zero-order chi connectivity index (χ0) is 10.2. The van der Waals surface area contributed by atoms with Crippen LogP contribution in [-0.4, -0.2) is 24.6 Å². The van der Waals surface area contributed by atoms with Gasteiger partial charge < -0.3 is 10.6 Å². The Kier molecular flexibility index (Phi) is 5.75. The van der Waals surface area contributed by atoms with Crippen LogP contribution in [0.25, 0.3) is 0 Å². The second-order valence-electron chi connectivity index (χ2n) is 3.25. The number of rotatable bonds is 7. The maximum atomic E-state index is 4.29. The quantitative estimate of drug-likeness (QED) is 0.675. The van der Waals surface area contributed by atoms with Crippen LogP contribution in [0.15, 0.2) is 6.20 Å². The van der Waals surface area contributed by atoms with Gasteiger partial charge in [-0.15, -0.1) is 11.3 Å². The fraction of sp³-hybridized carbons (Fsp3) is 0.700. The Labute approximate surface area is 89.9 Å². The van der Waals surface area contributed by atoms with Crippen molar-refractivity contribution in [3.05, 3.63) is 16.1 Å². The smallest absolute Gasteiger partial charge is 0.107 e. The summed E-state index contributed by atoms with van der Waals surface area (Å²) < 4.78 is 0. The van der Waals surface area contributed by atoms with Crippen molar-refractivity contribution in [1.82, 2.24) is 15.6 Å². The highest BCUT2D eigenvalue weighted by Gasteiger charge is 1.96. The largest absolute Gasteiger partial charge is 0.317 e. The molecule has 80 valence electrons. The minimum absolute atomic E-state index is 0.907. The first-order chi connectivity index (χ1) is 6.83. The number of hydrogen-bond acceptors (Lipinski definition) is 4. The highest BCUT2D eigenvalue weighted by molar-refractivity contribution is 7.11. The van der Waals surface area contributed by atoms with Crippen LogP contribution in [-0.2, 0) is 6.54 Å². The molecule has 0 aliphatic carbocycles. The van der Waals surface area contributed by atoms with Crippen molar-refractivity contribution in [3.8, 4) is 0 Å². The van der Waals surface area contributed by atoms with Crippen LogP contribution in [0.1, 0.15) is 23.2 Å². The maximum Gasteiger partial charge on any atom is 0.107 e. The monoisotopic (exact) mass is 213 g/mol. The average molecular weight is 213 g/mol. The van der Waals surface area contributed by atoms with Crippen molar-refractivity contribution in [2.45, 2.75) is 26.8 Å². The van der Waals surface area contributed by atoms with Crippen LogP contribution < -0.4 is 10.6 Å². The molecule has 0 atom stereocenters. The van der Waals surface area contributed by atoms with E-state index in [-0.39, 0.29) is 0 Å². The Morgan fingerprint density at radius 2 is 2.14 bits per heavy atom. The lowest BCUT2D eigenvalue weighted by Crippen LogP contribution is -2.21. The molecule has 0 saturated carbocycles. The Bertz CT molecular complexity index is 247. The molecular formula is C10H19N3S. The SMILES string of the molecule is CCNCCCNCc1ncc(C)s1. The third kappa shape index (κ3) is 4.69. The molecule has 0 aromatic carbocycles. The van der Waals surface area contributed by atoms with Crippen molar-refractivity contribution in [1.29, 1.82) is 0 Å². The molecule has 0 fully saturated rings. The molecule has 0 saturated heterocycles. The Morgan fingerprint density at radius 1 is 1.36 bits per heavy atom. The normalized spacial score (nSPS) is 10.7. The van der Waals surface area contributed by atoms with Gasteiger partial charge in [-0.2, -0.15) is 0 Å². The molecule has 1 rings (SSSR count). The molecule has 0 bridgehead atoms. The summed E-state index contributed by atoms with van der Waals surface area (Å²) in [4.78, 5) is 5.58. The summed E-state index contributed by atoms with van der Waals surface area (Å²) in [7, 11) is 0. The predicted octanol–water partition coefficient (Wildman–Crippen LogP) is 1.54. The highest BCUT2D eigenvalue weighted by Crippen LogP contribution is 2.10. The molecule has 1 heterocycles. The van der Waals surface area contributed by atoms with E-state index in [9.17, 15) is 0 Å². The van der Waals surface area contributed by atoms with Crippen LogP contribution in [0, 0.1) is 6.92 Å². The minimum atomic E-state index is 0.907. The van der Waals surface area contributed by atoms with Gasteiger partial charge in [0.05, 0.1) is 0 Å². The zero-order valence-electron chi connectivity index (χ0n) is 8.97. The van der Waals surface area contributed by atoms with E-state index in [4.69, 9.17) is 0 Å². The number of thiazole rings is 1. The Balaban J connectivity index is 1.99. The molecule has 0 amide bonds. The van der Waals surface area contributed by atoms with Crippen LogP contribution in [0.3, 0.4) is 0 Å². The van der Waals surface area contributed by atoms with Gasteiger partial charge in [-0.25, -0.2) is 4.98 Å². The van der Waals surface area contributed by atoms with Gasteiger partial charge in [0, 0.05) is 17.6 Å². The van der Waals surface area contributed by atoms with Gasteiger partial charge in [0.25, 0.3) is 0 Å². The van der Waals surface area contributed by atoms with E-state index in [2.05, 4.69) is 29.5 Å². The van der Waals surface area contributed by atoms with Crippen LogP contribution in [0.5, 0.6) is 0 Å². The third-order valence-electron chi connectivity index (χ3n) is 1.90. The van der Waals surface area contributed by atoms with Crippen molar-refractivity contribution in [3.63, 3.8) is 0 Å². The minimum Gasteiger partial charge on any atom is -0.317 e. The summed E-state index contributed by atoms with van der Waals surface area (Å²) in [5.41, 5.74) is 0. The van der Waals surface area contributed by atoms with Crippen molar-refractivity contribution in [2.75, 3.05) is 19.6 Å². The van der Waals surface area contributed by atoms with E-state index < -0.39 is 0 Å². The van der Waals surface area contributed by atoms with Gasteiger partial charge in [0.1, 0.15) is 5.01 Å². The van der Waals surface area contributed by atoms with Crippen LogP contribution in [0.2, 0.25) is 0 Å². The molecule has 0 aliphatic heterocycles. The molecular weight excluding hydrogens is 194 g/mol. The number of nitrogens with one attached hydrogen (secondary N) is 2. The van der Waals surface area contributed by atoms with E-state index in [1.165, 1.54) is 16.3 Å². The molecule has 2 N–H and O–H groups in total. The van der Waals surface area contributed by atoms with Gasteiger partial charge in [-0.3, -0.25) is 0 Å². The molecule has 0 spiro atoms. The number of aryl methyl sites for hydroxylation is 1. The first-order valence-corrected chi connectivity index (χ1v) is 5.97.